The van der Waals surface area contributed by atoms with Crippen molar-refractivity contribution in [2.24, 2.45) is 34.8 Å². The zero-order chi connectivity index (χ0) is 81.8. The van der Waals surface area contributed by atoms with E-state index in [2.05, 4.69) is 79.1 Å². The predicted octanol–water partition coefficient (Wildman–Crippen LogP) is -10.2. The molecule has 16 atom stereocenters. The summed E-state index contributed by atoms with van der Waals surface area (Å²) in [5.41, 5.74) is 22.8. The second kappa shape index (κ2) is 44.3. The number of carbonyl (C=O) groups is 19. The van der Waals surface area contributed by atoms with Crippen molar-refractivity contribution in [3.05, 3.63) is 18.2 Å². The lowest BCUT2D eigenvalue weighted by molar-refractivity contribution is -0.144. The van der Waals surface area contributed by atoms with E-state index in [1.165, 1.54) is 40.2 Å². The van der Waals surface area contributed by atoms with Gasteiger partial charge in [0.1, 0.15) is 90.6 Å². The number of primary amides is 3. The Hall–Kier alpha value is -9.58. The molecule has 1 aromatic rings. The van der Waals surface area contributed by atoms with Crippen LogP contribution in [0.4, 0.5) is 0 Å². The van der Waals surface area contributed by atoms with Gasteiger partial charge in [0.05, 0.1) is 38.9 Å². The van der Waals surface area contributed by atoms with Gasteiger partial charge in [-0.3, -0.25) is 91.1 Å². The number of aromatic nitrogens is 2. The van der Waals surface area contributed by atoms with Gasteiger partial charge in [-0.25, -0.2) is 4.98 Å². The predicted molar refractivity (Wildman–Crippen MR) is 394 cm³/mol. The van der Waals surface area contributed by atoms with Crippen molar-refractivity contribution < 1.29 is 106 Å². The van der Waals surface area contributed by atoms with E-state index in [1.54, 1.807) is 6.92 Å². The lowest BCUT2D eigenvalue weighted by Crippen LogP contribution is -2.62. The van der Waals surface area contributed by atoms with Crippen molar-refractivity contribution in [3.63, 3.8) is 0 Å². The molecule has 25 N–H and O–H groups in total. The van der Waals surface area contributed by atoms with E-state index in [9.17, 15) is 106 Å². The number of H-pyrrole nitrogens is 1. The van der Waals surface area contributed by atoms with Crippen molar-refractivity contribution >= 4 is 155 Å². The lowest BCUT2D eigenvalue weighted by Gasteiger charge is -2.31. The van der Waals surface area contributed by atoms with Crippen LogP contribution in [0.15, 0.2) is 12.5 Å². The van der Waals surface area contributed by atoms with Crippen LogP contribution in [-0.2, 0) is 97.5 Å². The molecule has 0 aromatic carbocycles. The number of nitrogens with zero attached hydrogens (tertiary/aromatic N) is 3. The number of aliphatic hydroxyl groups is 2. The minimum absolute atomic E-state index is 0.0345. The number of aliphatic carboxylic acids is 1. The highest BCUT2D eigenvalue weighted by Crippen LogP contribution is 2.27. The van der Waals surface area contributed by atoms with E-state index in [0.717, 1.165) is 53.0 Å². The first-order valence-electron chi connectivity index (χ1n) is 35.0. The van der Waals surface area contributed by atoms with Crippen LogP contribution in [0.1, 0.15) is 98.1 Å². The molecule has 47 heteroatoms. The first-order valence-corrected chi connectivity index (χ1v) is 40.0. The van der Waals surface area contributed by atoms with Gasteiger partial charge in [-0.15, -0.1) is 0 Å². The topological polar surface area (TPSA) is 681 Å². The van der Waals surface area contributed by atoms with E-state index in [4.69, 9.17) is 22.9 Å². The number of carboxylic acid groups (broad SMARTS) is 1. The quantitative estimate of drug-likeness (QED) is 0.0644. The van der Waals surface area contributed by atoms with Crippen LogP contribution >= 0.6 is 43.2 Å². The molecule has 5 heterocycles. The van der Waals surface area contributed by atoms with Crippen LogP contribution in [0.25, 0.3) is 0 Å². The number of fused-ring (bicyclic) bond motifs is 10. The number of rotatable bonds is 17. The SMILES string of the molecule is CC[C@H](C)[C@@H]1NC(=O)[C@H](CCC(=O)O)NC(=O)[C@@H]2CCCN2C(=O)[C@H](CC(N)=O)NC(=O)[C@H](CC(N)=O)NC(=O)[C@H](C(C)C)NC(=O)[C@H](CO)NC(=O)[C@@H]2CSSC[C@H](NC(=O)CN)C(=O)N[C@@H](CSSC[C@@H](C(N)=O)NC1=O)C(=O)N[C@@H](CO)C(=O)N[C@@H](Cc1cnc[nH]1)C(=O)N1CCC[C@H]1C(=O)N[C@@H](C)C(=O)N2. The average molecular weight is 1630 g/mol. The molecule has 0 saturated carbocycles. The Morgan fingerprint density at radius 3 is 1.53 bits per heavy atom. The van der Waals surface area contributed by atoms with Gasteiger partial charge < -0.3 is 122 Å². The third-order valence-electron chi connectivity index (χ3n) is 17.9. The fourth-order valence-corrected chi connectivity index (χ4v) is 16.3. The number of aromatic amines is 1. The number of carbonyl (C=O) groups excluding carboxylic acids is 18. The van der Waals surface area contributed by atoms with Crippen LogP contribution in [0, 0.1) is 11.8 Å². The van der Waals surface area contributed by atoms with Crippen LogP contribution in [0.3, 0.4) is 0 Å². The number of carboxylic acids is 1. The maximum Gasteiger partial charge on any atom is 0.303 e. The van der Waals surface area contributed by atoms with Gasteiger partial charge in [0.25, 0.3) is 0 Å². The number of amides is 18. The Labute approximate surface area is 646 Å². The number of nitrogens with two attached hydrogens (primary N) is 4. The van der Waals surface area contributed by atoms with Crippen molar-refractivity contribution in [1.29, 1.82) is 0 Å². The summed E-state index contributed by atoms with van der Waals surface area (Å²) in [5.74, 6) is -25.0. The van der Waals surface area contributed by atoms with Gasteiger partial charge in [-0.1, -0.05) is 77.3 Å². The van der Waals surface area contributed by atoms with Gasteiger partial charge in [0.2, 0.25) is 106 Å². The number of hydrogen-bond acceptors (Lipinski definition) is 27. The van der Waals surface area contributed by atoms with Crippen molar-refractivity contribution in [2.45, 2.75) is 189 Å². The van der Waals surface area contributed by atoms with Gasteiger partial charge in [0, 0.05) is 60.8 Å². The summed E-state index contributed by atoms with van der Waals surface area (Å²) < 4.78 is 0. The molecular formula is C63H97N21O22S4. The van der Waals surface area contributed by atoms with Gasteiger partial charge in [0.15, 0.2) is 0 Å². The van der Waals surface area contributed by atoms with Gasteiger partial charge >= 0.3 is 5.97 Å². The van der Waals surface area contributed by atoms with Crippen molar-refractivity contribution in [1.82, 2.24) is 88.9 Å². The van der Waals surface area contributed by atoms with E-state index in [0.29, 0.717) is 5.69 Å². The number of nitrogens with one attached hydrogen (secondary N) is 14. The smallest absolute Gasteiger partial charge is 0.303 e. The number of hydrogen-bond donors (Lipinski definition) is 21. The minimum atomic E-state index is -2.01. The molecule has 4 saturated heterocycles. The van der Waals surface area contributed by atoms with Crippen molar-refractivity contribution in [3.8, 4) is 0 Å². The van der Waals surface area contributed by atoms with Crippen LogP contribution < -0.4 is 92.1 Å². The summed E-state index contributed by atoms with van der Waals surface area (Å²) in [6, 6.07) is -25.5. The maximum atomic E-state index is 14.7. The Bertz CT molecular complexity index is 3550. The molecule has 43 nitrogen and oxygen atoms in total. The molecule has 610 valence electrons. The Balaban J connectivity index is 1.65. The summed E-state index contributed by atoms with van der Waals surface area (Å²) in [5, 5.41) is 62.5. The van der Waals surface area contributed by atoms with Crippen LogP contribution in [0.5, 0.6) is 0 Å². The van der Waals surface area contributed by atoms with Gasteiger partial charge in [-0.05, 0) is 50.9 Å². The highest BCUT2D eigenvalue weighted by atomic mass is 33.1. The Morgan fingerprint density at radius 2 is 1.01 bits per heavy atom. The minimum Gasteiger partial charge on any atom is -0.481 e. The summed E-state index contributed by atoms with van der Waals surface area (Å²) in [6.07, 6.45) is -0.620. The molecule has 0 unspecified atom stereocenters. The summed E-state index contributed by atoms with van der Waals surface area (Å²) in [7, 11) is 3.12. The summed E-state index contributed by atoms with van der Waals surface area (Å²) >= 11 is 0. The van der Waals surface area contributed by atoms with Crippen LogP contribution in [-0.4, -0.2) is 294 Å². The van der Waals surface area contributed by atoms with E-state index >= 15 is 0 Å². The molecule has 4 aliphatic rings. The number of aliphatic hydroxyl groups excluding tert-OH is 2. The summed E-state index contributed by atoms with van der Waals surface area (Å²) in [4.78, 5) is 274. The van der Waals surface area contributed by atoms with E-state index in [-0.39, 0.29) is 51.6 Å². The molecule has 4 fully saturated rings. The molecule has 0 radical (unpaired) electrons. The molecule has 1 aromatic heterocycles. The Kier molecular flexibility index (Phi) is 36.7. The first-order chi connectivity index (χ1) is 52.0. The molecule has 2 bridgehead atoms. The summed E-state index contributed by atoms with van der Waals surface area (Å²) in [6.45, 7) is 3.89. The molecule has 18 amide bonds. The molecular weight excluding hydrogens is 1530 g/mol. The normalized spacial score (nSPS) is 28.5. The largest absolute Gasteiger partial charge is 0.481 e. The second-order valence-electron chi connectivity index (χ2n) is 26.5. The van der Waals surface area contributed by atoms with Crippen LogP contribution in [0.2, 0.25) is 0 Å². The zero-order valence-corrected chi connectivity index (χ0v) is 64.1. The standard InChI is InChI=1S/C63H97N21O22S4/c1-6-28(4)48-61(104)78-37(49(67)92)22-107-109-25-40-57(100)76-35(20-85)53(96)74-33(15-30-19-68-26-69-30)62(105)83-13-7-9-41(83)58(101)70-29(5)50(93)79-39(24-110-108-23-38(55(98)80-40)71-45(89)18-64)56(99)77-36(21-86)54(97)81-47(27(2)3)60(103)73-32(16-43(65)87)52(95)75-34(17-44(66)88)63(106)84-14-8-10-42(84)59(102)72-31(51(94)82-48)11-12-46(90)91/h19,26-29,31-42,47-48,85-86H,6-18,20-25,64H2,1-5H3,(H2,65,87)(H2,66,88)(H2,67,92)(H,68,69)(H,70,101)(H,71,89)(H,72,102)(H,73,103)(H,74,96)(H,75,95)(H,76,100)(H,77,99)(H,78,104)(H,79,93)(H,80,98)(H,81,97)(H,82,94)(H,90,91)/t28-,29-,31-,32-,33-,34-,35-,36-,37-,38-,39-,40-,41-,42-,47-,48-/m0/s1. The second-order valence-corrected chi connectivity index (χ2v) is 31.7. The molecule has 110 heavy (non-hydrogen) atoms. The first kappa shape index (κ1) is 91.0. The molecule has 0 spiro atoms. The fraction of sp³-hybridized carbons (Fsp3) is 0.651. The third kappa shape index (κ3) is 27.5. The van der Waals surface area contributed by atoms with E-state index < -0.39 is 283 Å². The molecule has 4 aliphatic heterocycles. The monoisotopic (exact) mass is 1630 g/mol. The maximum absolute atomic E-state index is 14.7. The molecule has 5 rings (SSSR count). The fourth-order valence-electron chi connectivity index (χ4n) is 11.6. The highest BCUT2D eigenvalue weighted by molar-refractivity contribution is 8.77. The third-order valence-corrected chi connectivity index (χ3v) is 22.7. The average Bonchev–Trinajstić information content (AvgIpc) is 1.61. The van der Waals surface area contributed by atoms with E-state index in [1.807, 2.05) is 0 Å². The Morgan fingerprint density at radius 1 is 0.545 bits per heavy atom. The molecule has 0 aliphatic carbocycles. The number of imidazole rings is 1. The van der Waals surface area contributed by atoms with Gasteiger partial charge in [-0.2, -0.15) is 0 Å². The lowest BCUT2D eigenvalue weighted by atomic mass is 9.97. The highest BCUT2D eigenvalue weighted by Gasteiger charge is 2.44. The van der Waals surface area contributed by atoms with Crippen molar-refractivity contribution in [2.75, 3.05) is 55.9 Å². The zero-order valence-electron chi connectivity index (χ0n) is 60.8.